The second kappa shape index (κ2) is 8.92. The van der Waals surface area contributed by atoms with E-state index in [1.807, 2.05) is 30.3 Å². The molecule has 3 N–H and O–H groups in total. The zero-order valence-corrected chi connectivity index (χ0v) is 13.5. The van der Waals surface area contributed by atoms with E-state index in [0.29, 0.717) is 17.7 Å². The van der Waals surface area contributed by atoms with Gasteiger partial charge in [-0.2, -0.15) is 0 Å². The molecule has 1 amide bonds. The van der Waals surface area contributed by atoms with Gasteiger partial charge < -0.3 is 15.8 Å². The molecule has 0 saturated heterocycles. The van der Waals surface area contributed by atoms with Crippen molar-refractivity contribution in [2.24, 2.45) is 5.73 Å². The predicted octanol–water partition coefficient (Wildman–Crippen LogP) is 2.40. The number of hydrogen-bond donors (Lipinski definition) is 2. The molecule has 23 heavy (non-hydrogen) atoms. The number of rotatable bonds is 5. The van der Waals surface area contributed by atoms with Gasteiger partial charge >= 0.3 is 5.97 Å². The van der Waals surface area contributed by atoms with E-state index in [0.717, 1.165) is 5.56 Å². The number of carbonyl (C=O) groups excluding carboxylic acids is 2. The fraction of sp³-hybridized carbons (Fsp3) is 0.176. The molecule has 0 fully saturated rings. The van der Waals surface area contributed by atoms with E-state index in [2.05, 4.69) is 10.1 Å². The Balaban J connectivity index is 0.00000264. The van der Waals surface area contributed by atoms with Crippen LogP contribution in [0.25, 0.3) is 0 Å². The maximum Gasteiger partial charge on any atom is 0.337 e. The lowest BCUT2D eigenvalue weighted by Crippen LogP contribution is -2.37. The third-order valence-electron chi connectivity index (χ3n) is 3.19. The van der Waals surface area contributed by atoms with Crippen molar-refractivity contribution in [1.82, 2.24) is 0 Å². The Morgan fingerprint density at radius 3 is 2.48 bits per heavy atom. The smallest absolute Gasteiger partial charge is 0.337 e. The Morgan fingerprint density at radius 1 is 1.13 bits per heavy atom. The number of anilines is 1. The molecule has 1 atom stereocenters. The van der Waals surface area contributed by atoms with Crippen LogP contribution in [0.2, 0.25) is 0 Å². The zero-order chi connectivity index (χ0) is 15.9. The number of nitrogens with two attached hydrogens (primary N) is 1. The van der Waals surface area contributed by atoms with Crippen molar-refractivity contribution >= 4 is 30.0 Å². The Morgan fingerprint density at radius 2 is 1.83 bits per heavy atom. The molecule has 0 saturated carbocycles. The molecule has 0 spiro atoms. The van der Waals surface area contributed by atoms with Crippen molar-refractivity contribution in [2.45, 2.75) is 12.5 Å². The van der Waals surface area contributed by atoms with Crippen molar-refractivity contribution in [3.8, 4) is 0 Å². The van der Waals surface area contributed by atoms with E-state index in [1.165, 1.54) is 7.11 Å². The molecule has 2 rings (SSSR count). The first kappa shape index (κ1) is 18.7. The molecule has 0 bridgehead atoms. The van der Waals surface area contributed by atoms with Gasteiger partial charge in [-0.15, -0.1) is 12.4 Å². The Labute approximate surface area is 141 Å². The Hall–Kier alpha value is -2.37. The molecule has 0 aromatic heterocycles. The van der Waals surface area contributed by atoms with Gasteiger partial charge in [-0.25, -0.2) is 4.79 Å². The number of halogens is 1. The molecule has 0 aliphatic rings. The first-order valence-corrected chi connectivity index (χ1v) is 6.89. The van der Waals surface area contributed by atoms with E-state index in [-0.39, 0.29) is 18.3 Å². The number of esters is 1. The summed E-state index contributed by atoms with van der Waals surface area (Å²) in [7, 11) is 1.31. The van der Waals surface area contributed by atoms with Gasteiger partial charge in [-0.3, -0.25) is 4.79 Å². The van der Waals surface area contributed by atoms with Crippen LogP contribution in [-0.2, 0) is 16.0 Å². The minimum absolute atomic E-state index is 0. The molecule has 2 aromatic rings. The summed E-state index contributed by atoms with van der Waals surface area (Å²) in [6.07, 6.45) is 0.448. The number of ether oxygens (including phenoxy) is 1. The van der Waals surface area contributed by atoms with Gasteiger partial charge in [0, 0.05) is 5.69 Å². The molecule has 0 aliphatic heterocycles. The average Bonchev–Trinajstić information content (AvgIpc) is 2.55. The topological polar surface area (TPSA) is 81.4 Å². The SMILES string of the molecule is COC(=O)c1cccc(NC(=O)[C@@H](N)Cc2ccccc2)c1.Cl. The van der Waals surface area contributed by atoms with E-state index in [9.17, 15) is 9.59 Å². The first-order chi connectivity index (χ1) is 10.6. The van der Waals surface area contributed by atoms with Crippen molar-refractivity contribution in [1.29, 1.82) is 0 Å². The van der Waals surface area contributed by atoms with Crippen LogP contribution in [0.15, 0.2) is 54.6 Å². The number of hydrogen-bond acceptors (Lipinski definition) is 4. The maximum atomic E-state index is 12.1. The summed E-state index contributed by atoms with van der Waals surface area (Å²) in [5.41, 5.74) is 7.79. The van der Waals surface area contributed by atoms with Crippen LogP contribution in [0.3, 0.4) is 0 Å². The molecule has 122 valence electrons. The van der Waals surface area contributed by atoms with E-state index in [1.54, 1.807) is 24.3 Å². The van der Waals surface area contributed by atoms with Gasteiger partial charge in [0.15, 0.2) is 0 Å². The number of carbonyl (C=O) groups is 2. The molecule has 0 aliphatic carbocycles. The summed E-state index contributed by atoms with van der Waals surface area (Å²) >= 11 is 0. The van der Waals surface area contributed by atoms with E-state index < -0.39 is 12.0 Å². The van der Waals surface area contributed by atoms with Crippen molar-refractivity contribution in [3.63, 3.8) is 0 Å². The standard InChI is InChI=1S/C17H18N2O3.ClH/c1-22-17(21)13-8-5-9-14(11-13)19-16(20)15(18)10-12-6-3-2-4-7-12;/h2-9,11,15H,10,18H2,1H3,(H,19,20);1H/t15-;/m0./s1. The second-order valence-corrected chi connectivity index (χ2v) is 4.86. The summed E-state index contributed by atoms with van der Waals surface area (Å²) in [6.45, 7) is 0. The normalized spacial score (nSPS) is 11.0. The summed E-state index contributed by atoms with van der Waals surface area (Å²) in [6, 6.07) is 15.4. The molecule has 0 heterocycles. The molecular weight excluding hydrogens is 316 g/mol. The van der Waals surface area contributed by atoms with Crippen LogP contribution >= 0.6 is 12.4 Å². The summed E-state index contributed by atoms with van der Waals surface area (Å²) in [4.78, 5) is 23.6. The third kappa shape index (κ3) is 5.39. The van der Waals surface area contributed by atoms with Gasteiger partial charge in [-0.1, -0.05) is 36.4 Å². The van der Waals surface area contributed by atoms with Gasteiger partial charge in [0.2, 0.25) is 5.91 Å². The van der Waals surface area contributed by atoms with Crippen molar-refractivity contribution < 1.29 is 14.3 Å². The fourth-order valence-electron chi connectivity index (χ4n) is 2.04. The molecule has 0 radical (unpaired) electrons. The molecule has 5 nitrogen and oxygen atoms in total. The fourth-order valence-corrected chi connectivity index (χ4v) is 2.04. The quantitative estimate of drug-likeness (QED) is 0.823. The third-order valence-corrected chi connectivity index (χ3v) is 3.19. The lowest BCUT2D eigenvalue weighted by Gasteiger charge is -2.13. The highest BCUT2D eigenvalue weighted by molar-refractivity contribution is 5.97. The summed E-state index contributed by atoms with van der Waals surface area (Å²) in [5.74, 6) is -0.754. The Kier molecular flexibility index (Phi) is 7.25. The highest BCUT2D eigenvalue weighted by Crippen LogP contribution is 2.12. The minimum atomic E-state index is -0.663. The van der Waals surface area contributed by atoms with Crippen LogP contribution in [0.1, 0.15) is 15.9 Å². The highest BCUT2D eigenvalue weighted by Gasteiger charge is 2.15. The summed E-state index contributed by atoms with van der Waals surface area (Å²) in [5, 5.41) is 2.71. The van der Waals surface area contributed by atoms with E-state index in [4.69, 9.17) is 5.73 Å². The van der Waals surface area contributed by atoms with Crippen LogP contribution in [-0.4, -0.2) is 25.0 Å². The maximum absolute atomic E-state index is 12.1. The molecule has 0 unspecified atom stereocenters. The first-order valence-electron chi connectivity index (χ1n) is 6.89. The number of amides is 1. The van der Waals surface area contributed by atoms with Gasteiger partial charge in [0.05, 0.1) is 18.7 Å². The number of methoxy groups -OCH3 is 1. The lowest BCUT2D eigenvalue weighted by atomic mass is 10.1. The second-order valence-electron chi connectivity index (χ2n) is 4.86. The van der Waals surface area contributed by atoms with Crippen molar-refractivity contribution in [3.05, 3.63) is 65.7 Å². The molecule has 2 aromatic carbocycles. The lowest BCUT2D eigenvalue weighted by molar-refractivity contribution is -0.117. The van der Waals surface area contributed by atoms with Crippen LogP contribution < -0.4 is 11.1 Å². The monoisotopic (exact) mass is 334 g/mol. The number of nitrogens with one attached hydrogen (secondary N) is 1. The van der Waals surface area contributed by atoms with Crippen LogP contribution in [0.5, 0.6) is 0 Å². The largest absolute Gasteiger partial charge is 0.465 e. The predicted molar refractivity (Wildman–Crippen MR) is 91.8 cm³/mol. The summed E-state index contributed by atoms with van der Waals surface area (Å²) < 4.78 is 4.65. The Bertz CT molecular complexity index is 662. The van der Waals surface area contributed by atoms with Crippen LogP contribution in [0, 0.1) is 0 Å². The minimum Gasteiger partial charge on any atom is -0.465 e. The van der Waals surface area contributed by atoms with Crippen molar-refractivity contribution in [2.75, 3.05) is 12.4 Å². The molecular formula is C17H19ClN2O3. The van der Waals surface area contributed by atoms with Gasteiger partial charge in [0.25, 0.3) is 0 Å². The highest BCUT2D eigenvalue weighted by atomic mass is 35.5. The van der Waals surface area contributed by atoms with E-state index >= 15 is 0 Å². The zero-order valence-electron chi connectivity index (χ0n) is 12.7. The number of benzene rings is 2. The molecule has 6 heteroatoms. The average molecular weight is 335 g/mol. The van der Waals surface area contributed by atoms with Gasteiger partial charge in [0.1, 0.15) is 0 Å². The van der Waals surface area contributed by atoms with Crippen LogP contribution in [0.4, 0.5) is 5.69 Å². The van der Waals surface area contributed by atoms with Gasteiger partial charge in [-0.05, 0) is 30.2 Å².